The molecule has 148 valence electrons. The zero-order valence-electron chi connectivity index (χ0n) is 16.0. The number of nitrogens with one attached hydrogen (secondary N) is 1. The predicted octanol–water partition coefficient (Wildman–Crippen LogP) is 5.17. The maximum Gasteiger partial charge on any atom is 0.174 e. The van der Waals surface area contributed by atoms with Crippen molar-refractivity contribution in [3.05, 3.63) is 78.5 Å². The normalized spacial score (nSPS) is 22.1. The summed E-state index contributed by atoms with van der Waals surface area (Å²) in [5, 5.41) is 4.09. The summed E-state index contributed by atoms with van der Waals surface area (Å²) in [5.74, 6) is 1.76. The van der Waals surface area contributed by atoms with Gasteiger partial charge in [0.15, 0.2) is 5.11 Å². The molecule has 3 heterocycles. The van der Waals surface area contributed by atoms with E-state index in [1.54, 1.807) is 12.5 Å². The zero-order valence-corrected chi connectivity index (χ0v) is 16.8. The molecule has 1 N–H and O–H groups in total. The minimum atomic E-state index is -0.117. The maximum atomic E-state index is 6.11. The lowest BCUT2D eigenvalue weighted by atomic mass is 10.0. The number of aromatic nitrogens is 1. The van der Waals surface area contributed by atoms with Gasteiger partial charge in [0, 0.05) is 11.9 Å². The molecule has 2 aliphatic rings. The van der Waals surface area contributed by atoms with Gasteiger partial charge in [0.25, 0.3) is 0 Å². The molecule has 2 atom stereocenters. The molecule has 0 bridgehead atoms. The van der Waals surface area contributed by atoms with E-state index in [0.717, 1.165) is 35.7 Å². The summed E-state index contributed by atoms with van der Waals surface area (Å²) in [5.41, 5.74) is 1.93. The number of thiocarbonyl (C=S) groups is 1. The molecule has 3 aromatic rings. The molecule has 2 fully saturated rings. The van der Waals surface area contributed by atoms with E-state index in [2.05, 4.69) is 27.3 Å². The van der Waals surface area contributed by atoms with Crippen molar-refractivity contribution >= 4 is 23.0 Å². The molecule has 0 amide bonds. The number of ether oxygens (including phenoxy) is 1. The quantitative estimate of drug-likeness (QED) is 0.591. The molecule has 5 rings (SSSR count). The van der Waals surface area contributed by atoms with Crippen molar-refractivity contribution in [3.8, 4) is 5.75 Å². The maximum absolute atomic E-state index is 6.11. The second-order valence-electron chi connectivity index (χ2n) is 7.53. The second-order valence-corrected chi connectivity index (χ2v) is 7.92. The third-order valence-corrected chi connectivity index (χ3v) is 5.97. The molecular formula is C23H23N3O2S. The molecule has 6 heteroatoms. The summed E-state index contributed by atoms with van der Waals surface area (Å²) in [4.78, 5) is 6.65. The first-order valence-electron chi connectivity index (χ1n) is 10.1. The SMILES string of the molecule is S=C1N[C@H](c2ccccn2)[C@H](c2ccco2)N1c1ccc(OC2CCCC2)cc1. The van der Waals surface area contributed by atoms with E-state index in [-0.39, 0.29) is 12.1 Å². The molecule has 0 unspecified atom stereocenters. The average molecular weight is 406 g/mol. The molecule has 1 saturated heterocycles. The summed E-state index contributed by atoms with van der Waals surface area (Å²) in [6.07, 6.45) is 8.66. The van der Waals surface area contributed by atoms with Crippen LogP contribution in [-0.2, 0) is 0 Å². The summed E-state index contributed by atoms with van der Waals surface area (Å²) in [6.45, 7) is 0. The number of nitrogens with zero attached hydrogens (tertiary/aromatic N) is 2. The highest BCUT2D eigenvalue weighted by atomic mass is 32.1. The van der Waals surface area contributed by atoms with Crippen LogP contribution in [0.5, 0.6) is 5.75 Å². The van der Waals surface area contributed by atoms with Crippen LogP contribution in [0.4, 0.5) is 5.69 Å². The van der Waals surface area contributed by atoms with Crippen molar-refractivity contribution in [3.63, 3.8) is 0 Å². The molecule has 0 spiro atoms. The highest BCUT2D eigenvalue weighted by Gasteiger charge is 2.42. The Morgan fingerprint density at radius 1 is 1.03 bits per heavy atom. The van der Waals surface area contributed by atoms with Gasteiger partial charge in [-0.1, -0.05) is 6.07 Å². The fraction of sp³-hybridized carbons (Fsp3) is 0.304. The van der Waals surface area contributed by atoms with Gasteiger partial charge in [-0.25, -0.2) is 0 Å². The van der Waals surface area contributed by atoms with Crippen molar-refractivity contribution in [1.29, 1.82) is 0 Å². The van der Waals surface area contributed by atoms with Gasteiger partial charge in [-0.05, 0) is 86.4 Å². The molecule has 5 nitrogen and oxygen atoms in total. The van der Waals surface area contributed by atoms with E-state index in [0.29, 0.717) is 11.2 Å². The number of rotatable bonds is 5. The Bertz CT molecular complexity index is 954. The Balaban J connectivity index is 1.45. The molecule has 29 heavy (non-hydrogen) atoms. The first-order chi connectivity index (χ1) is 14.3. The smallest absolute Gasteiger partial charge is 0.174 e. The fourth-order valence-corrected chi connectivity index (χ4v) is 4.61. The van der Waals surface area contributed by atoms with E-state index < -0.39 is 0 Å². The third kappa shape index (κ3) is 3.60. The van der Waals surface area contributed by atoms with E-state index in [1.165, 1.54) is 12.8 Å². The summed E-state index contributed by atoms with van der Waals surface area (Å²) in [6, 6.07) is 17.8. The standard InChI is InChI=1S/C23H23N3O2S/c29-23-25-21(19-8-3-4-14-24-19)22(20-9-5-15-27-20)26(23)16-10-12-18(13-11-16)28-17-6-1-2-7-17/h3-5,8-15,17,21-22H,1-2,6-7H2,(H,25,29)/t21-,22+/m1/s1. The van der Waals surface area contributed by atoms with E-state index in [9.17, 15) is 0 Å². The van der Waals surface area contributed by atoms with Crippen LogP contribution < -0.4 is 15.0 Å². The van der Waals surface area contributed by atoms with Gasteiger partial charge in [-0.15, -0.1) is 0 Å². The van der Waals surface area contributed by atoms with Crippen LogP contribution in [0, 0.1) is 0 Å². The average Bonchev–Trinajstić information content (AvgIpc) is 3.50. The largest absolute Gasteiger partial charge is 0.490 e. The number of anilines is 1. The second kappa shape index (κ2) is 7.87. The van der Waals surface area contributed by atoms with Crippen LogP contribution in [0.3, 0.4) is 0 Å². The number of pyridine rings is 1. The number of hydrogen-bond acceptors (Lipinski definition) is 4. The van der Waals surface area contributed by atoms with Crippen molar-refractivity contribution < 1.29 is 9.15 Å². The lowest BCUT2D eigenvalue weighted by Crippen LogP contribution is -2.29. The number of hydrogen-bond donors (Lipinski definition) is 1. The Morgan fingerprint density at radius 3 is 2.55 bits per heavy atom. The Labute approximate surface area is 175 Å². The topological polar surface area (TPSA) is 50.5 Å². The molecule has 2 aromatic heterocycles. The Hall–Kier alpha value is -2.86. The van der Waals surface area contributed by atoms with Gasteiger partial charge in [-0.2, -0.15) is 0 Å². The van der Waals surface area contributed by atoms with Crippen molar-refractivity contribution in [2.75, 3.05) is 4.90 Å². The first-order valence-corrected chi connectivity index (χ1v) is 10.5. The van der Waals surface area contributed by atoms with Crippen LogP contribution in [0.25, 0.3) is 0 Å². The van der Waals surface area contributed by atoms with Crippen LogP contribution in [0.2, 0.25) is 0 Å². The summed E-state index contributed by atoms with van der Waals surface area (Å²) >= 11 is 5.71. The van der Waals surface area contributed by atoms with E-state index in [1.807, 2.05) is 42.5 Å². The van der Waals surface area contributed by atoms with Crippen LogP contribution in [0.1, 0.15) is 49.2 Å². The third-order valence-electron chi connectivity index (χ3n) is 5.65. The lowest BCUT2D eigenvalue weighted by Gasteiger charge is -2.26. The fourth-order valence-electron chi connectivity index (χ4n) is 4.27. The van der Waals surface area contributed by atoms with E-state index >= 15 is 0 Å². The minimum absolute atomic E-state index is 0.0933. The van der Waals surface area contributed by atoms with Gasteiger partial charge in [0.05, 0.1) is 24.1 Å². The highest BCUT2D eigenvalue weighted by Crippen LogP contribution is 2.41. The highest BCUT2D eigenvalue weighted by molar-refractivity contribution is 7.80. The zero-order chi connectivity index (χ0) is 19.6. The Kier molecular flexibility index (Phi) is 4.94. The summed E-state index contributed by atoms with van der Waals surface area (Å²) in [7, 11) is 0. The Morgan fingerprint density at radius 2 is 1.86 bits per heavy atom. The molecule has 1 saturated carbocycles. The number of furan rings is 1. The van der Waals surface area contributed by atoms with Crippen LogP contribution in [0.15, 0.2) is 71.5 Å². The molecule has 1 aliphatic carbocycles. The van der Waals surface area contributed by atoms with Gasteiger partial charge < -0.3 is 19.4 Å². The predicted molar refractivity (Wildman–Crippen MR) is 116 cm³/mol. The van der Waals surface area contributed by atoms with Gasteiger partial charge in [0.2, 0.25) is 0 Å². The first kappa shape index (κ1) is 18.2. The molecule has 0 radical (unpaired) electrons. The lowest BCUT2D eigenvalue weighted by molar-refractivity contribution is 0.210. The van der Waals surface area contributed by atoms with Gasteiger partial charge >= 0.3 is 0 Å². The summed E-state index contributed by atoms with van der Waals surface area (Å²) < 4.78 is 11.9. The van der Waals surface area contributed by atoms with Crippen LogP contribution in [-0.4, -0.2) is 16.2 Å². The van der Waals surface area contributed by atoms with Crippen molar-refractivity contribution in [2.24, 2.45) is 0 Å². The molecule has 1 aliphatic heterocycles. The monoisotopic (exact) mass is 405 g/mol. The minimum Gasteiger partial charge on any atom is -0.490 e. The van der Waals surface area contributed by atoms with Crippen molar-refractivity contribution in [1.82, 2.24) is 10.3 Å². The van der Waals surface area contributed by atoms with Gasteiger partial charge in [0.1, 0.15) is 17.6 Å². The number of benzene rings is 1. The van der Waals surface area contributed by atoms with E-state index in [4.69, 9.17) is 21.4 Å². The van der Waals surface area contributed by atoms with Crippen molar-refractivity contribution in [2.45, 2.75) is 43.9 Å². The molecule has 1 aromatic carbocycles. The van der Waals surface area contributed by atoms with Crippen LogP contribution >= 0.6 is 12.2 Å². The van der Waals surface area contributed by atoms with Gasteiger partial charge in [-0.3, -0.25) is 4.98 Å². The molecular weight excluding hydrogens is 382 g/mol.